The fourth-order valence-electron chi connectivity index (χ4n) is 2.77. The van der Waals surface area contributed by atoms with Crippen molar-refractivity contribution in [2.75, 3.05) is 6.54 Å². The molecule has 2 rings (SSSR count). The maximum Gasteiger partial charge on any atom is 0.173 e. The van der Waals surface area contributed by atoms with Gasteiger partial charge < -0.3 is 10.1 Å². The van der Waals surface area contributed by atoms with Gasteiger partial charge in [0.25, 0.3) is 0 Å². The zero-order valence-corrected chi connectivity index (χ0v) is 12.4. The van der Waals surface area contributed by atoms with E-state index in [9.17, 15) is 4.39 Å². The van der Waals surface area contributed by atoms with Crippen LogP contribution in [0, 0.1) is 11.2 Å². The molecule has 1 aliphatic rings. The predicted molar refractivity (Wildman–Crippen MR) is 76.3 cm³/mol. The van der Waals surface area contributed by atoms with Crippen LogP contribution < -0.4 is 10.1 Å². The van der Waals surface area contributed by atoms with Gasteiger partial charge in [0.15, 0.2) is 11.6 Å². The van der Waals surface area contributed by atoms with Crippen LogP contribution in [-0.4, -0.2) is 18.7 Å². The predicted octanol–water partition coefficient (Wildman–Crippen LogP) is 4.02. The minimum absolute atomic E-state index is 0.0101. The molecule has 1 aliphatic carbocycles. The molecule has 0 saturated heterocycles. The van der Waals surface area contributed by atoms with E-state index in [0.717, 1.165) is 19.4 Å². The van der Waals surface area contributed by atoms with Crippen LogP contribution in [0.5, 0.6) is 5.75 Å². The largest absolute Gasteiger partial charge is 0.485 e. The Morgan fingerprint density at radius 3 is 2.79 bits per heavy atom. The molecule has 3 atom stereocenters. The van der Waals surface area contributed by atoms with Crippen molar-refractivity contribution in [1.82, 2.24) is 5.32 Å². The van der Waals surface area contributed by atoms with Crippen molar-refractivity contribution in [3.8, 4) is 5.75 Å². The summed E-state index contributed by atoms with van der Waals surface area (Å²) in [5.74, 6) is -0.207. The Balaban J connectivity index is 2.12. The summed E-state index contributed by atoms with van der Waals surface area (Å²) in [5, 5.41) is 3.80. The van der Waals surface area contributed by atoms with Crippen molar-refractivity contribution in [3.05, 3.63) is 29.0 Å². The average Bonchev–Trinajstić information content (AvgIpc) is 2.39. The first-order valence-electron chi connectivity index (χ1n) is 6.87. The van der Waals surface area contributed by atoms with E-state index in [2.05, 4.69) is 26.1 Å². The summed E-state index contributed by atoms with van der Waals surface area (Å²) in [6.45, 7) is 7.36. The average molecular weight is 286 g/mol. The van der Waals surface area contributed by atoms with Crippen molar-refractivity contribution >= 4 is 11.6 Å². The van der Waals surface area contributed by atoms with Gasteiger partial charge >= 0.3 is 0 Å². The molecule has 0 heterocycles. The fourth-order valence-corrected chi connectivity index (χ4v) is 2.98. The quantitative estimate of drug-likeness (QED) is 0.882. The second kappa shape index (κ2) is 5.68. The molecular formula is C15H21ClFNO. The molecule has 2 nitrogen and oxygen atoms in total. The lowest BCUT2D eigenvalue weighted by atomic mass is 9.61. The topological polar surface area (TPSA) is 21.3 Å². The summed E-state index contributed by atoms with van der Waals surface area (Å²) in [5.41, 5.74) is 0.0294. The zero-order valence-electron chi connectivity index (χ0n) is 11.7. The zero-order chi connectivity index (χ0) is 14.0. The van der Waals surface area contributed by atoms with Gasteiger partial charge in [0, 0.05) is 17.9 Å². The van der Waals surface area contributed by atoms with Gasteiger partial charge in [-0.15, -0.1) is 0 Å². The lowest BCUT2D eigenvalue weighted by Gasteiger charge is -2.53. The Bertz CT molecular complexity index is 434. The van der Waals surface area contributed by atoms with Gasteiger partial charge in [0.05, 0.1) is 5.02 Å². The number of rotatable bonds is 5. The van der Waals surface area contributed by atoms with Crippen LogP contribution in [-0.2, 0) is 0 Å². The van der Waals surface area contributed by atoms with E-state index in [-0.39, 0.29) is 17.3 Å². The fraction of sp³-hybridized carbons (Fsp3) is 0.600. The summed E-state index contributed by atoms with van der Waals surface area (Å²) < 4.78 is 19.6. The molecule has 4 heteroatoms. The Kier molecular flexibility index (Phi) is 4.36. The summed E-state index contributed by atoms with van der Waals surface area (Å²) in [6.07, 6.45) is 1.89. The first kappa shape index (κ1) is 14.6. The van der Waals surface area contributed by atoms with Crippen LogP contribution in [0.3, 0.4) is 0 Å². The van der Waals surface area contributed by atoms with Crippen LogP contribution in [0.2, 0.25) is 5.02 Å². The minimum Gasteiger partial charge on any atom is -0.485 e. The van der Waals surface area contributed by atoms with Gasteiger partial charge in [-0.1, -0.05) is 38.4 Å². The number of ether oxygens (including phenoxy) is 1. The first-order chi connectivity index (χ1) is 9.02. The molecule has 1 aromatic rings. The second-order valence-electron chi connectivity index (χ2n) is 5.36. The second-order valence-corrected chi connectivity index (χ2v) is 5.77. The molecule has 0 radical (unpaired) electrons. The van der Waals surface area contributed by atoms with Gasteiger partial charge in [-0.05, 0) is 25.1 Å². The molecule has 0 aliphatic heterocycles. The molecular weight excluding hydrogens is 265 g/mol. The third-order valence-corrected chi connectivity index (χ3v) is 4.67. The van der Waals surface area contributed by atoms with Crippen molar-refractivity contribution in [2.45, 2.75) is 45.8 Å². The SMILES string of the molecule is CCNC1CC(Oc2c(F)cccc2Cl)C1(C)CC. The maximum atomic E-state index is 13.7. The normalized spacial score (nSPS) is 29.9. The molecule has 106 valence electrons. The molecule has 0 bridgehead atoms. The highest BCUT2D eigenvalue weighted by atomic mass is 35.5. The van der Waals surface area contributed by atoms with Crippen LogP contribution in [0.15, 0.2) is 18.2 Å². The van der Waals surface area contributed by atoms with E-state index in [1.807, 2.05) is 0 Å². The summed E-state index contributed by atoms with van der Waals surface area (Å²) in [4.78, 5) is 0. The molecule has 3 unspecified atom stereocenters. The molecule has 19 heavy (non-hydrogen) atoms. The van der Waals surface area contributed by atoms with E-state index >= 15 is 0 Å². The molecule has 1 aromatic carbocycles. The number of nitrogens with one attached hydrogen (secondary N) is 1. The Morgan fingerprint density at radius 2 is 2.21 bits per heavy atom. The van der Waals surface area contributed by atoms with Crippen molar-refractivity contribution in [2.24, 2.45) is 5.41 Å². The molecule has 0 aromatic heterocycles. The minimum atomic E-state index is -0.391. The van der Waals surface area contributed by atoms with Gasteiger partial charge in [0.2, 0.25) is 0 Å². The van der Waals surface area contributed by atoms with Crippen molar-refractivity contribution in [3.63, 3.8) is 0 Å². The third kappa shape index (κ3) is 2.59. The van der Waals surface area contributed by atoms with Gasteiger partial charge in [0.1, 0.15) is 6.10 Å². The van der Waals surface area contributed by atoms with Crippen LogP contribution >= 0.6 is 11.6 Å². The Morgan fingerprint density at radius 1 is 1.47 bits per heavy atom. The summed E-state index contributed by atoms with van der Waals surface area (Å²) in [6, 6.07) is 5.05. The third-order valence-electron chi connectivity index (χ3n) is 4.37. The molecule has 1 fully saturated rings. The van der Waals surface area contributed by atoms with E-state index in [4.69, 9.17) is 16.3 Å². The lowest BCUT2D eigenvalue weighted by molar-refractivity contribution is -0.0711. The molecule has 1 saturated carbocycles. The number of hydrogen-bond donors (Lipinski definition) is 1. The van der Waals surface area contributed by atoms with E-state index in [1.165, 1.54) is 6.07 Å². The van der Waals surface area contributed by atoms with Crippen LogP contribution in [0.1, 0.15) is 33.6 Å². The molecule has 1 N–H and O–H groups in total. The van der Waals surface area contributed by atoms with Crippen molar-refractivity contribution in [1.29, 1.82) is 0 Å². The maximum absolute atomic E-state index is 13.7. The number of hydrogen-bond acceptors (Lipinski definition) is 2. The van der Waals surface area contributed by atoms with Crippen LogP contribution in [0.25, 0.3) is 0 Å². The Labute approximate surface area is 119 Å². The monoisotopic (exact) mass is 285 g/mol. The molecule has 0 amide bonds. The first-order valence-corrected chi connectivity index (χ1v) is 7.24. The van der Waals surface area contributed by atoms with Crippen molar-refractivity contribution < 1.29 is 9.13 Å². The molecule has 0 spiro atoms. The number of para-hydroxylation sites is 1. The summed E-state index contributed by atoms with van der Waals surface area (Å²) in [7, 11) is 0. The van der Waals surface area contributed by atoms with Gasteiger partial charge in [-0.3, -0.25) is 0 Å². The highest BCUT2D eigenvalue weighted by molar-refractivity contribution is 6.32. The van der Waals surface area contributed by atoms with Crippen LogP contribution in [0.4, 0.5) is 4.39 Å². The number of benzene rings is 1. The summed E-state index contributed by atoms with van der Waals surface area (Å²) >= 11 is 6.01. The van der Waals surface area contributed by atoms with E-state index in [0.29, 0.717) is 11.1 Å². The highest BCUT2D eigenvalue weighted by Gasteiger charge is 2.52. The van der Waals surface area contributed by atoms with Gasteiger partial charge in [-0.2, -0.15) is 0 Å². The Hall–Kier alpha value is -0.800. The smallest absolute Gasteiger partial charge is 0.173 e. The highest BCUT2D eigenvalue weighted by Crippen LogP contribution is 2.47. The number of halogens is 2. The lowest BCUT2D eigenvalue weighted by Crippen LogP contribution is -2.63. The van der Waals surface area contributed by atoms with E-state index < -0.39 is 5.82 Å². The standard InChI is InChI=1S/C15H21ClFNO/c1-4-15(3)12(18-5-2)9-13(15)19-14-10(16)7-6-8-11(14)17/h6-8,12-13,18H,4-5,9H2,1-3H3. The van der Waals surface area contributed by atoms with Gasteiger partial charge in [-0.25, -0.2) is 4.39 Å². The van der Waals surface area contributed by atoms with E-state index in [1.54, 1.807) is 12.1 Å².